The minimum atomic E-state index is -0.186. The SMILES string of the molecule is Cc1nn(C)c2sc(C(=O)NC3CCC(=O)NC3)c(N)c12. The summed E-state index contributed by atoms with van der Waals surface area (Å²) in [5, 5.41) is 10.8. The fourth-order valence-electron chi connectivity index (χ4n) is 2.60. The van der Waals surface area contributed by atoms with E-state index in [4.69, 9.17) is 5.73 Å². The van der Waals surface area contributed by atoms with Gasteiger partial charge in [-0.3, -0.25) is 14.3 Å². The van der Waals surface area contributed by atoms with Crippen molar-refractivity contribution in [3.63, 3.8) is 0 Å². The number of nitrogen functional groups attached to an aromatic ring is 1. The first kappa shape index (κ1) is 13.9. The van der Waals surface area contributed by atoms with Gasteiger partial charge in [-0.2, -0.15) is 5.10 Å². The summed E-state index contributed by atoms with van der Waals surface area (Å²) in [5.74, 6) is -0.155. The molecule has 1 saturated heterocycles. The first-order valence-electron chi connectivity index (χ1n) is 6.76. The Hall–Kier alpha value is -2.09. The highest BCUT2D eigenvalue weighted by Crippen LogP contribution is 2.35. The largest absolute Gasteiger partial charge is 0.397 e. The molecule has 8 heteroatoms. The minimum absolute atomic E-state index is 0.0311. The molecular weight excluding hydrogens is 290 g/mol. The number of nitrogens with two attached hydrogens (primary N) is 1. The van der Waals surface area contributed by atoms with Gasteiger partial charge in [0, 0.05) is 26.1 Å². The molecule has 4 N–H and O–H groups in total. The third-order valence-electron chi connectivity index (χ3n) is 3.69. The number of fused-ring (bicyclic) bond motifs is 1. The summed E-state index contributed by atoms with van der Waals surface area (Å²) in [6.45, 7) is 2.35. The second kappa shape index (κ2) is 5.03. The fourth-order valence-corrected chi connectivity index (χ4v) is 3.69. The molecule has 1 fully saturated rings. The number of nitrogens with zero attached hydrogens (tertiary/aromatic N) is 2. The molecule has 0 aromatic carbocycles. The average molecular weight is 307 g/mol. The van der Waals surface area contributed by atoms with Crippen molar-refractivity contribution in [1.29, 1.82) is 0 Å². The highest BCUT2D eigenvalue weighted by Gasteiger charge is 2.24. The number of piperidine rings is 1. The van der Waals surface area contributed by atoms with Crippen molar-refractivity contribution in [2.24, 2.45) is 7.05 Å². The molecule has 2 aromatic rings. The van der Waals surface area contributed by atoms with Crippen molar-refractivity contribution >= 4 is 39.1 Å². The Labute approximate surface area is 125 Å². The number of carbonyl (C=O) groups excluding carboxylic acids is 2. The van der Waals surface area contributed by atoms with E-state index in [2.05, 4.69) is 15.7 Å². The molecule has 3 rings (SSSR count). The third kappa shape index (κ3) is 2.35. The van der Waals surface area contributed by atoms with Gasteiger partial charge in [-0.05, 0) is 13.3 Å². The Morgan fingerprint density at radius 1 is 1.57 bits per heavy atom. The standard InChI is InChI=1S/C13H17N5O2S/c1-6-9-10(14)11(21-13(9)18(2)17-6)12(20)16-7-3-4-8(19)15-5-7/h7H,3-5,14H2,1-2H3,(H,15,19)(H,16,20). The number of carbonyl (C=O) groups is 2. The van der Waals surface area contributed by atoms with Gasteiger partial charge in [-0.25, -0.2) is 0 Å². The van der Waals surface area contributed by atoms with Crippen LogP contribution >= 0.6 is 11.3 Å². The molecule has 1 aliphatic rings. The third-order valence-corrected chi connectivity index (χ3v) is 4.96. The van der Waals surface area contributed by atoms with E-state index in [9.17, 15) is 9.59 Å². The van der Waals surface area contributed by atoms with Gasteiger partial charge in [0.05, 0.1) is 16.8 Å². The first-order valence-corrected chi connectivity index (χ1v) is 7.58. The van der Waals surface area contributed by atoms with Crippen LogP contribution in [0.3, 0.4) is 0 Å². The summed E-state index contributed by atoms with van der Waals surface area (Å²) in [6, 6.07) is -0.0426. The number of hydrogen-bond acceptors (Lipinski definition) is 5. The number of rotatable bonds is 2. The molecule has 1 atom stereocenters. The van der Waals surface area contributed by atoms with Crippen LogP contribution in [0.2, 0.25) is 0 Å². The van der Waals surface area contributed by atoms with E-state index in [1.54, 1.807) is 4.68 Å². The van der Waals surface area contributed by atoms with Gasteiger partial charge in [-0.15, -0.1) is 11.3 Å². The second-order valence-corrected chi connectivity index (χ2v) is 6.25. The molecule has 7 nitrogen and oxygen atoms in total. The van der Waals surface area contributed by atoms with Gasteiger partial charge in [0.1, 0.15) is 9.71 Å². The van der Waals surface area contributed by atoms with Crippen LogP contribution in [-0.2, 0) is 11.8 Å². The lowest BCUT2D eigenvalue weighted by atomic mass is 10.1. The molecule has 0 spiro atoms. The molecular formula is C13H17N5O2S. The summed E-state index contributed by atoms with van der Waals surface area (Å²) in [7, 11) is 1.84. The Balaban J connectivity index is 1.83. The zero-order valence-corrected chi connectivity index (χ0v) is 12.7. The van der Waals surface area contributed by atoms with E-state index in [0.717, 1.165) is 15.9 Å². The Morgan fingerprint density at radius 3 is 2.95 bits per heavy atom. The Morgan fingerprint density at radius 2 is 2.33 bits per heavy atom. The highest BCUT2D eigenvalue weighted by molar-refractivity contribution is 7.21. The monoisotopic (exact) mass is 307 g/mol. The number of amides is 2. The van der Waals surface area contributed by atoms with Crippen molar-refractivity contribution in [3.8, 4) is 0 Å². The van der Waals surface area contributed by atoms with E-state index in [-0.39, 0.29) is 17.9 Å². The number of nitrogens with one attached hydrogen (secondary N) is 2. The number of anilines is 1. The van der Waals surface area contributed by atoms with Crippen molar-refractivity contribution in [2.45, 2.75) is 25.8 Å². The maximum absolute atomic E-state index is 12.4. The van der Waals surface area contributed by atoms with E-state index in [0.29, 0.717) is 30.0 Å². The molecule has 112 valence electrons. The zero-order chi connectivity index (χ0) is 15.1. The number of thiophene rings is 1. The molecule has 21 heavy (non-hydrogen) atoms. The van der Waals surface area contributed by atoms with Gasteiger partial charge >= 0.3 is 0 Å². The van der Waals surface area contributed by atoms with Crippen LogP contribution in [0.5, 0.6) is 0 Å². The summed E-state index contributed by atoms with van der Waals surface area (Å²) in [5.41, 5.74) is 7.42. The smallest absolute Gasteiger partial charge is 0.263 e. The predicted octanol–water partition coefficient (Wildman–Crippen LogP) is 0.534. The number of aryl methyl sites for hydroxylation is 2. The molecule has 1 unspecified atom stereocenters. The Kier molecular flexibility index (Phi) is 3.32. The minimum Gasteiger partial charge on any atom is -0.397 e. The van der Waals surface area contributed by atoms with Crippen molar-refractivity contribution < 1.29 is 9.59 Å². The van der Waals surface area contributed by atoms with Crippen LogP contribution in [0.1, 0.15) is 28.2 Å². The van der Waals surface area contributed by atoms with Crippen molar-refractivity contribution in [3.05, 3.63) is 10.6 Å². The van der Waals surface area contributed by atoms with Crippen molar-refractivity contribution in [1.82, 2.24) is 20.4 Å². The second-order valence-electron chi connectivity index (χ2n) is 5.25. The lowest BCUT2D eigenvalue weighted by Crippen LogP contribution is -2.47. The van der Waals surface area contributed by atoms with Gasteiger partial charge in [-0.1, -0.05) is 0 Å². The van der Waals surface area contributed by atoms with Gasteiger partial charge < -0.3 is 16.4 Å². The molecule has 0 radical (unpaired) electrons. The lowest BCUT2D eigenvalue weighted by molar-refractivity contribution is -0.122. The van der Waals surface area contributed by atoms with Crippen LogP contribution in [0.25, 0.3) is 10.2 Å². The predicted molar refractivity (Wildman–Crippen MR) is 81.2 cm³/mol. The van der Waals surface area contributed by atoms with Gasteiger partial charge in [0.15, 0.2) is 0 Å². The number of hydrogen-bond donors (Lipinski definition) is 3. The topological polar surface area (TPSA) is 102 Å². The van der Waals surface area contributed by atoms with Gasteiger partial charge in [0.25, 0.3) is 5.91 Å². The molecule has 1 aliphatic heterocycles. The van der Waals surface area contributed by atoms with Crippen LogP contribution in [0.15, 0.2) is 0 Å². The normalized spacial score (nSPS) is 18.8. The van der Waals surface area contributed by atoms with Crippen LogP contribution in [-0.4, -0.2) is 34.2 Å². The first-order chi connectivity index (χ1) is 9.97. The van der Waals surface area contributed by atoms with E-state index < -0.39 is 0 Å². The quantitative estimate of drug-likeness (QED) is 0.753. The van der Waals surface area contributed by atoms with Crippen LogP contribution in [0, 0.1) is 6.92 Å². The lowest BCUT2D eigenvalue weighted by Gasteiger charge is -2.23. The van der Waals surface area contributed by atoms with Gasteiger partial charge in [0.2, 0.25) is 5.91 Å². The fraction of sp³-hybridized carbons (Fsp3) is 0.462. The van der Waals surface area contributed by atoms with E-state index >= 15 is 0 Å². The summed E-state index contributed by atoms with van der Waals surface area (Å²) in [4.78, 5) is 24.9. The molecule has 2 aromatic heterocycles. The summed E-state index contributed by atoms with van der Waals surface area (Å²) < 4.78 is 1.74. The Bertz CT molecular complexity index is 723. The van der Waals surface area contributed by atoms with E-state index in [1.807, 2.05) is 14.0 Å². The molecule has 0 aliphatic carbocycles. The van der Waals surface area contributed by atoms with E-state index in [1.165, 1.54) is 11.3 Å². The molecule has 0 bridgehead atoms. The maximum Gasteiger partial charge on any atom is 0.263 e. The zero-order valence-electron chi connectivity index (χ0n) is 11.9. The highest BCUT2D eigenvalue weighted by atomic mass is 32.1. The van der Waals surface area contributed by atoms with Crippen LogP contribution in [0.4, 0.5) is 5.69 Å². The molecule has 3 heterocycles. The summed E-state index contributed by atoms with van der Waals surface area (Å²) in [6.07, 6.45) is 1.10. The maximum atomic E-state index is 12.4. The molecule has 0 saturated carbocycles. The number of aromatic nitrogens is 2. The van der Waals surface area contributed by atoms with Crippen molar-refractivity contribution in [2.75, 3.05) is 12.3 Å². The summed E-state index contributed by atoms with van der Waals surface area (Å²) >= 11 is 1.34. The average Bonchev–Trinajstić information content (AvgIpc) is 2.92. The molecule has 2 amide bonds. The van der Waals surface area contributed by atoms with Crippen LogP contribution < -0.4 is 16.4 Å².